The first-order valence-electron chi connectivity index (χ1n) is 6.60. The Bertz CT molecular complexity index is 453. The molecule has 1 heterocycles. The summed E-state index contributed by atoms with van der Waals surface area (Å²) in [7, 11) is 0. The second kappa shape index (κ2) is 4.98. The Kier molecular flexibility index (Phi) is 3.19. The third kappa shape index (κ3) is 2.48. The monoisotopic (exact) mass is 246 g/mol. The first-order valence-corrected chi connectivity index (χ1v) is 6.60. The molecular weight excluding hydrogens is 228 g/mol. The fourth-order valence-electron chi connectivity index (χ4n) is 2.63. The zero-order valence-corrected chi connectivity index (χ0v) is 10.4. The molecule has 1 aromatic carbocycles. The summed E-state index contributed by atoms with van der Waals surface area (Å²) in [5.74, 6) is 0.683. The first kappa shape index (κ1) is 11.5. The highest BCUT2D eigenvalue weighted by molar-refractivity contribution is 5.95. The van der Waals surface area contributed by atoms with E-state index in [-0.39, 0.29) is 12.5 Å². The van der Waals surface area contributed by atoms with Crippen molar-refractivity contribution in [3.8, 4) is 5.75 Å². The molecule has 0 unspecified atom stereocenters. The van der Waals surface area contributed by atoms with Crippen LogP contribution in [0.3, 0.4) is 0 Å². The van der Waals surface area contributed by atoms with Crippen LogP contribution in [0.25, 0.3) is 0 Å². The summed E-state index contributed by atoms with van der Waals surface area (Å²) in [6, 6.07) is 6.64. The maximum Gasteiger partial charge on any atom is 0.262 e. The summed E-state index contributed by atoms with van der Waals surface area (Å²) in [5, 5.41) is 6.40. The van der Waals surface area contributed by atoms with Gasteiger partial charge in [0, 0.05) is 12.6 Å². The average Bonchev–Trinajstić information content (AvgIpc) is 2.89. The Morgan fingerprint density at radius 1 is 1.33 bits per heavy atom. The van der Waals surface area contributed by atoms with E-state index in [0.717, 1.165) is 18.0 Å². The highest BCUT2D eigenvalue weighted by Crippen LogP contribution is 2.28. The van der Waals surface area contributed by atoms with Gasteiger partial charge in [0.15, 0.2) is 6.61 Å². The molecule has 1 aliphatic heterocycles. The molecular formula is C14H18N2O2. The molecule has 2 N–H and O–H groups in total. The molecule has 0 aromatic heterocycles. The smallest absolute Gasteiger partial charge is 0.262 e. The van der Waals surface area contributed by atoms with E-state index in [0.29, 0.717) is 6.04 Å². The Hall–Kier alpha value is -1.55. The van der Waals surface area contributed by atoms with Crippen LogP contribution in [-0.4, -0.2) is 18.6 Å². The maximum atomic E-state index is 11.3. The molecule has 1 aliphatic carbocycles. The molecule has 4 heteroatoms. The van der Waals surface area contributed by atoms with Crippen molar-refractivity contribution in [2.45, 2.75) is 38.3 Å². The van der Waals surface area contributed by atoms with Gasteiger partial charge in [0.2, 0.25) is 0 Å². The van der Waals surface area contributed by atoms with E-state index < -0.39 is 0 Å². The van der Waals surface area contributed by atoms with Crippen molar-refractivity contribution in [1.29, 1.82) is 0 Å². The SMILES string of the molecule is O=C1COc2ccc(CNC3CCCC3)cc2N1. The molecule has 96 valence electrons. The van der Waals surface area contributed by atoms with E-state index in [4.69, 9.17) is 4.74 Å². The van der Waals surface area contributed by atoms with E-state index in [9.17, 15) is 4.79 Å². The number of hydrogen-bond acceptors (Lipinski definition) is 3. The number of carbonyl (C=O) groups excluding carboxylic acids is 1. The quantitative estimate of drug-likeness (QED) is 0.858. The Morgan fingerprint density at radius 2 is 2.17 bits per heavy atom. The molecule has 1 saturated carbocycles. The lowest BCUT2D eigenvalue weighted by Gasteiger charge is -2.19. The number of benzene rings is 1. The third-order valence-electron chi connectivity index (χ3n) is 3.63. The van der Waals surface area contributed by atoms with Gasteiger partial charge in [0.1, 0.15) is 5.75 Å². The van der Waals surface area contributed by atoms with Gasteiger partial charge in [-0.2, -0.15) is 0 Å². The normalized spacial score (nSPS) is 19.2. The van der Waals surface area contributed by atoms with Crippen molar-refractivity contribution in [2.24, 2.45) is 0 Å². The summed E-state index contributed by atoms with van der Waals surface area (Å²) in [5.41, 5.74) is 1.98. The van der Waals surface area contributed by atoms with Gasteiger partial charge in [-0.15, -0.1) is 0 Å². The van der Waals surface area contributed by atoms with Crippen LogP contribution in [0.4, 0.5) is 5.69 Å². The standard InChI is InChI=1S/C14H18N2O2/c17-14-9-18-13-6-5-10(7-12(13)16-14)8-15-11-3-1-2-4-11/h5-7,11,15H,1-4,8-9H2,(H,16,17). The van der Waals surface area contributed by atoms with Crippen LogP contribution >= 0.6 is 0 Å². The fraction of sp³-hybridized carbons (Fsp3) is 0.500. The van der Waals surface area contributed by atoms with Crippen molar-refractivity contribution in [2.75, 3.05) is 11.9 Å². The highest BCUT2D eigenvalue weighted by atomic mass is 16.5. The lowest BCUT2D eigenvalue weighted by Crippen LogP contribution is -2.27. The second-order valence-electron chi connectivity index (χ2n) is 5.03. The van der Waals surface area contributed by atoms with Crippen LogP contribution in [0.1, 0.15) is 31.2 Å². The summed E-state index contributed by atoms with van der Waals surface area (Å²) < 4.78 is 5.34. The minimum absolute atomic E-state index is 0.0802. The Labute approximate surface area is 107 Å². The van der Waals surface area contributed by atoms with Gasteiger partial charge in [-0.25, -0.2) is 0 Å². The summed E-state index contributed by atoms with van der Waals surface area (Å²) >= 11 is 0. The fourth-order valence-corrected chi connectivity index (χ4v) is 2.63. The maximum absolute atomic E-state index is 11.3. The van der Waals surface area contributed by atoms with Crippen LogP contribution in [0, 0.1) is 0 Å². The van der Waals surface area contributed by atoms with Gasteiger partial charge in [-0.3, -0.25) is 4.79 Å². The minimum atomic E-state index is -0.0802. The lowest BCUT2D eigenvalue weighted by molar-refractivity contribution is -0.118. The Morgan fingerprint density at radius 3 is 3.00 bits per heavy atom. The second-order valence-corrected chi connectivity index (χ2v) is 5.03. The number of fused-ring (bicyclic) bond motifs is 1. The van der Waals surface area contributed by atoms with Gasteiger partial charge in [-0.1, -0.05) is 18.9 Å². The van der Waals surface area contributed by atoms with Gasteiger partial charge < -0.3 is 15.4 Å². The lowest BCUT2D eigenvalue weighted by atomic mass is 10.1. The van der Waals surface area contributed by atoms with Gasteiger partial charge >= 0.3 is 0 Å². The van der Waals surface area contributed by atoms with Crippen molar-refractivity contribution < 1.29 is 9.53 Å². The van der Waals surface area contributed by atoms with E-state index in [1.807, 2.05) is 12.1 Å². The van der Waals surface area contributed by atoms with Crippen molar-refractivity contribution in [3.63, 3.8) is 0 Å². The van der Waals surface area contributed by atoms with Crippen molar-refractivity contribution in [1.82, 2.24) is 5.32 Å². The van der Waals surface area contributed by atoms with Gasteiger partial charge in [0.25, 0.3) is 5.91 Å². The van der Waals surface area contributed by atoms with Crippen molar-refractivity contribution >= 4 is 11.6 Å². The molecule has 0 spiro atoms. The number of anilines is 1. The van der Waals surface area contributed by atoms with Gasteiger partial charge in [-0.05, 0) is 30.5 Å². The number of nitrogens with one attached hydrogen (secondary N) is 2. The number of carbonyl (C=O) groups is 1. The minimum Gasteiger partial charge on any atom is -0.482 e. The topological polar surface area (TPSA) is 50.4 Å². The summed E-state index contributed by atoms with van der Waals surface area (Å²) in [6.07, 6.45) is 5.24. The average molecular weight is 246 g/mol. The largest absolute Gasteiger partial charge is 0.482 e. The predicted octanol–water partition coefficient (Wildman–Crippen LogP) is 2.05. The summed E-state index contributed by atoms with van der Waals surface area (Å²) in [6.45, 7) is 0.973. The van der Waals surface area contributed by atoms with Crippen LogP contribution < -0.4 is 15.4 Å². The molecule has 1 fully saturated rings. The third-order valence-corrected chi connectivity index (χ3v) is 3.63. The van der Waals surface area contributed by atoms with Gasteiger partial charge in [0.05, 0.1) is 5.69 Å². The van der Waals surface area contributed by atoms with Crippen LogP contribution in [0.15, 0.2) is 18.2 Å². The molecule has 0 atom stereocenters. The molecule has 0 saturated heterocycles. The molecule has 0 radical (unpaired) electrons. The number of rotatable bonds is 3. The molecule has 1 amide bonds. The zero-order chi connectivity index (χ0) is 12.4. The van der Waals surface area contributed by atoms with E-state index >= 15 is 0 Å². The van der Waals surface area contributed by atoms with Crippen LogP contribution in [-0.2, 0) is 11.3 Å². The number of ether oxygens (including phenoxy) is 1. The van der Waals surface area contributed by atoms with Crippen LogP contribution in [0.2, 0.25) is 0 Å². The summed E-state index contributed by atoms with van der Waals surface area (Å²) in [4.78, 5) is 11.3. The molecule has 0 bridgehead atoms. The molecule has 3 rings (SSSR count). The molecule has 4 nitrogen and oxygen atoms in total. The van der Waals surface area contributed by atoms with Crippen LogP contribution in [0.5, 0.6) is 5.75 Å². The molecule has 2 aliphatic rings. The predicted molar refractivity (Wildman–Crippen MR) is 69.7 cm³/mol. The van der Waals surface area contributed by atoms with Crippen molar-refractivity contribution in [3.05, 3.63) is 23.8 Å². The molecule has 18 heavy (non-hydrogen) atoms. The van der Waals surface area contributed by atoms with E-state index in [1.54, 1.807) is 0 Å². The van der Waals surface area contributed by atoms with E-state index in [1.165, 1.54) is 31.2 Å². The first-order chi connectivity index (χ1) is 8.81. The number of hydrogen-bond donors (Lipinski definition) is 2. The Balaban J connectivity index is 1.65. The molecule has 1 aromatic rings. The number of amides is 1. The van der Waals surface area contributed by atoms with E-state index in [2.05, 4.69) is 16.7 Å². The highest BCUT2D eigenvalue weighted by Gasteiger charge is 2.17. The zero-order valence-electron chi connectivity index (χ0n) is 10.4.